The van der Waals surface area contributed by atoms with E-state index in [-0.39, 0.29) is 17.8 Å². The number of hydrogen-bond acceptors (Lipinski definition) is 4. The topological polar surface area (TPSA) is 92.2 Å². The van der Waals surface area contributed by atoms with Gasteiger partial charge in [-0.05, 0) is 55.0 Å². The number of halogens is 3. The van der Waals surface area contributed by atoms with Crippen molar-refractivity contribution in [1.29, 1.82) is 0 Å². The zero-order valence-electron chi connectivity index (χ0n) is 19.8. The van der Waals surface area contributed by atoms with Crippen LogP contribution in [0, 0.1) is 0 Å². The van der Waals surface area contributed by atoms with Crippen LogP contribution in [0.2, 0.25) is 0 Å². The van der Waals surface area contributed by atoms with Crippen molar-refractivity contribution in [3.8, 4) is 5.82 Å². The number of nitrogens with one attached hydrogen (secondary N) is 2. The zero-order chi connectivity index (χ0) is 25.7. The van der Waals surface area contributed by atoms with Crippen LogP contribution < -0.4 is 10.6 Å². The number of pyridine rings is 1. The smallest absolute Gasteiger partial charge is 0.338 e. The number of amides is 3. The number of rotatable bonds is 6. The van der Waals surface area contributed by atoms with Crippen molar-refractivity contribution >= 4 is 17.6 Å². The highest BCUT2D eigenvalue weighted by Gasteiger charge is 2.39. The predicted molar refractivity (Wildman–Crippen MR) is 128 cm³/mol. The number of anilines is 1. The summed E-state index contributed by atoms with van der Waals surface area (Å²) in [5.41, 5.74) is -0.442. The van der Waals surface area contributed by atoms with Gasteiger partial charge in [0.1, 0.15) is 0 Å². The van der Waals surface area contributed by atoms with Gasteiger partial charge in [-0.25, -0.2) is 14.5 Å². The minimum atomic E-state index is -4.81. The minimum absolute atomic E-state index is 0.0436. The average molecular weight is 501 g/mol. The molecule has 2 N–H and O–H groups in total. The van der Waals surface area contributed by atoms with Crippen molar-refractivity contribution in [3.05, 3.63) is 71.7 Å². The lowest BCUT2D eigenvalue weighted by molar-refractivity contribution is -0.141. The fourth-order valence-electron chi connectivity index (χ4n) is 4.15. The molecular formula is C25H27F3N6O2. The molecule has 0 saturated carbocycles. The molecule has 0 aliphatic carbocycles. The average Bonchev–Trinajstić information content (AvgIpc) is 3.35. The first-order chi connectivity index (χ1) is 17.3. The Hall–Kier alpha value is -3.89. The highest BCUT2D eigenvalue weighted by atomic mass is 19.4. The first-order valence-electron chi connectivity index (χ1n) is 11.8. The van der Waals surface area contributed by atoms with Gasteiger partial charge in [-0.1, -0.05) is 25.1 Å². The summed E-state index contributed by atoms with van der Waals surface area (Å²) in [6.07, 6.45) is 0.157. The third kappa shape index (κ3) is 5.84. The second-order valence-corrected chi connectivity index (χ2v) is 8.59. The fraction of sp³-hybridized carbons (Fsp3) is 0.360. The van der Waals surface area contributed by atoms with E-state index in [2.05, 4.69) is 20.7 Å². The van der Waals surface area contributed by atoms with Gasteiger partial charge in [0.15, 0.2) is 11.5 Å². The van der Waals surface area contributed by atoms with Crippen molar-refractivity contribution in [2.75, 3.05) is 25.0 Å². The van der Waals surface area contributed by atoms with Gasteiger partial charge in [0.2, 0.25) is 0 Å². The van der Waals surface area contributed by atoms with Crippen LogP contribution in [0.4, 0.5) is 23.7 Å². The molecule has 1 aliphatic heterocycles. The summed E-state index contributed by atoms with van der Waals surface area (Å²) >= 11 is 0. The molecule has 0 spiro atoms. The van der Waals surface area contributed by atoms with Crippen molar-refractivity contribution in [3.63, 3.8) is 0 Å². The molecule has 1 aliphatic rings. The van der Waals surface area contributed by atoms with Gasteiger partial charge >= 0.3 is 12.2 Å². The Balaban J connectivity index is 1.42. The molecule has 1 aromatic carbocycles. The summed E-state index contributed by atoms with van der Waals surface area (Å²) in [6.45, 7) is 3.96. The molecule has 3 aromatic rings. The summed E-state index contributed by atoms with van der Waals surface area (Å²) in [7, 11) is 0. The molecule has 3 heterocycles. The van der Waals surface area contributed by atoms with E-state index in [1.807, 2.05) is 24.0 Å². The summed E-state index contributed by atoms with van der Waals surface area (Å²) in [5.74, 6) is -0.484. The summed E-state index contributed by atoms with van der Waals surface area (Å²) < 4.78 is 41.6. The standard InChI is InChI=1S/C25H27F3N6O2/c1-2-12-30-24(36)33-14-10-18(11-15-33)17-6-8-19(9-7-17)31-23(35)20-16-34(21-5-3-4-13-29-21)32-22(20)25(26,27)28/h3-9,13,16,18H,2,10-12,14-15H2,1H3,(H,30,36)(H,31,35). The molecule has 0 unspecified atom stereocenters. The lowest BCUT2D eigenvalue weighted by Crippen LogP contribution is -2.44. The summed E-state index contributed by atoms with van der Waals surface area (Å²) in [6, 6.07) is 11.7. The van der Waals surface area contributed by atoms with E-state index >= 15 is 0 Å². The Kier molecular flexibility index (Phi) is 7.56. The molecule has 1 saturated heterocycles. The third-order valence-corrected chi connectivity index (χ3v) is 6.06. The second-order valence-electron chi connectivity index (χ2n) is 8.59. The predicted octanol–water partition coefficient (Wildman–Crippen LogP) is 4.84. The number of carbonyl (C=O) groups is 2. The van der Waals surface area contributed by atoms with Gasteiger partial charge in [0.25, 0.3) is 5.91 Å². The molecule has 36 heavy (non-hydrogen) atoms. The fourth-order valence-corrected chi connectivity index (χ4v) is 4.15. The first kappa shape index (κ1) is 25.2. The van der Waals surface area contributed by atoms with Crippen LogP contribution in [0.25, 0.3) is 5.82 Å². The lowest BCUT2D eigenvalue weighted by Gasteiger charge is -2.32. The van der Waals surface area contributed by atoms with E-state index in [1.54, 1.807) is 24.3 Å². The molecular weight excluding hydrogens is 473 g/mol. The lowest BCUT2D eigenvalue weighted by atomic mass is 9.89. The van der Waals surface area contributed by atoms with Crippen LogP contribution in [0.5, 0.6) is 0 Å². The molecule has 0 atom stereocenters. The quantitative estimate of drug-likeness (QED) is 0.507. The zero-order valence-corrected chi connectivity index (χ0v) is 19.8. The van der Waals surface area contributed by atoms with Crippen molar-refractivity contribution in [2.24, 2.45) is 0 Å². The van der Waals surface area contributed by atoms with E-state index in [0.29, 0.717) is 25.3 Å². The number of aromatic nitrogens is 3. The number of alkyl halides is 3. The minimum Gasteiger partial charge on any atom is -0.338 e. The second kappa shape index (κ2) is 10.8. The van der Waals surface area contributed by atoms with Crippen molar-refractivity contribution in [1.82, 2.24) is 25.0 Å². The number of urea groups is 1. The Labute approximate surface area is 206 Å². The summed E-state index contributed by atoms with van der Waals surface area (Å²) in [4.78, 5) is 30.7. The van der Waals surface area contributed by atoms with E-state index in [9.17, 15) is 22.8 Å². The molecule has 0 radical (unpaired) electrons. The van der Waals surface area contributed by atoms with Crippen LogP contribution in [0.1, 0.15) is 53.7 Å². The van der Waals surface area contributed by atoms with Gasteiger partial charge in [0.05, 0.1) is 5.56 Å². The number of benzene rings is 1. The SMILES string of the molecule is CCCNC(=O)N1CCC(c2ccc(NC(=O)c3cn(-c4ccccn4)nc3C(F)(F)F)cc2)CC1. The van der Waals surface area contributed by atoms with Crippen LogP contribution in [-0.2, 0) is 6.18 Å². The van der Waals surface area contributed by atoms with Crippen molar-refractivity contribution in [2.45, 2.75) is 38.3 Å². The Morgan fingerprint density at radius 2 is 1.81 bits per heavy atom. The maximum absolute atomic E-state index is 13.6. The Morgan fingerprint density at radius 1 is 1.08 bits per heavy atom. The number of hydrogen-bond donors (Lipinski definition) is 2. The number of likely N-dealkylation sites (tertiary alicyclic amines) is 1. The van der Waals surface area contributed by atoms with Crippen LogP contribution in [0.3, 0.4) is 0 Å². The molecule has 8 nitrogen and oxygen atoms in total. The molecule has 3 amide bonds. The highest BCUT2D eigenvalue weighted by Crippen LogP contribution is 2.32. The van der Waals surface area contributed by atoms with Gasteiger partial charge in [-0.2, -0.15) is 18.3 Å². The monoisotopic (exact) mass is 500 g/mol. The molecule has 11 heteroatoms. The van der Waals surface area contributed by atoms with E-state index in [1.165, 1.54) is 12.3 Å². The van der Waals surface area contributed by atoms with Crippen molar-refractivity contribution < 1.29 is 22.8 Å². The van der Waals surface area contributed by atoms with Crippen LogP contribution >= 0.6 is 0 Å². The Morgan fingerprint density at radius 3 is 2.42 bits per heavy atom. The molecule has 1 fully saturated rings. The van der Waals surface area contributed by atoms with E-state index < -0.39 is 23.3 Å². The number of piperidine rings is 1. The van der Waals surface area contributed by atoms with E-state index in [0.717, 1.165) is 35.7 Å². The van der Waals surface area contributed by atoms with E-state index in [4.69, 9.17) is 0 Å². The number of nitrogens with zero attached hydrogens (tertiary/aromatic N) is 4. The van der Waals surface area contributed by atoms with Crippen LogP contribution in [0.15, 0.2) is 54.9 Å². The largest absolute Gasteiger partial charge is 0.435 e. The maximum Gasteiger partial charge on any atom is 0.435 e. The van der Waals surface area contributed by atoms with Crippen LogP contribution in [-0.4, -0.2) is 51.2 Å². The normalized spacial score (nSPS) is 14.5. The highest BCUT2D eigenvalue weighted by molar-refractivity contribution is 6.05. The molecule has 190 valence electrons. The van der Waals surface area contributed by atoms with Gasteiger partial charge in [0, 0.05) is 37.7 Å². The summed E-state index contributed by atoms with van der Waals surface area (Å²) in [5, 5.41) is 8.98. The number of carbonyl (C=O) groups excluding carboxylic acids is 2. The van der Waals surface area contributed by atoms with Gasteiger partial charge in [-0.15, -0.1) is 0 Å². The third-order valence-electron chi connectivity index (χ3n) is 6.06. The van der Waals surface area contributed by atoms with Gasteiger partial charge < -0.3 is 15.5 Å². The Bertz CT molecular complexity index is 1190. The maximum atomic E-state index is 13.6. The molecule has 2 aromatic heterocycles. The first-order valence-corrected chi connectivity index (χ1v) is 11.8. The van der Waals surface area contributed by atoms with Gasteiger partial charge in [-0.3, -0.25) is 4.79 Å². The molecule has 0 bridgehead atoms. The molecule has 4 rings (SSSR count).